The average Bonchev–Trinajstić information content (AvgIpc) is 2.49. The molecule has 0 aliphatic heterocycles. The third kappa shape index (κ3) is 2.23. The van der Waals surface area contributed by atoms with Gasteiger partial charge in [-0.3, -0.25) is 9.59 Å². The second-order valence-electron chi connectivity index (χ2n) is 6.37. The van der Waals surface area contributed by atoms with Crippen LogP contribution in [0.5, 0.6) is 0 Å². The summed E-state index contributed by atoms with van der Waals surface area (Å²) in [5, 5.41) is 21.9. The molecule has 0 fully saturated rings. The smallest absolute Gasteiger partial charge is 0.169 e. The van der Waals surface area contributed by atoms with E-state index < -0.39 is 17.1 Å². The molecule has 0 amide bonds. The summed E-state index contributed by atoms with van der Waals surface area (Å²) in [5.74, 6) is -0.971. The lowest BCUT2D eigenvalue weighted by Crippen LogP contribution is -2.62. The van der Waals surface area contributed by atoms with Crippen LogP contribution in [0.25, 0.3) is 0 Å². The molecule has 1 aliphatic carbocycles. The number of aldehydes is 1. The first-order chi connectivity index (χ1) is 9.78. The maximum Gasteiger partial charge on any atom is 0.169 e. The van der Waals surface area contributed by atoms with Crippen molar-refractivity contribution >= 4 is 12.1 Å². The van der Waals surface area contributed by atoms with Crippen LogP contribution < -0.4 is 0 Å². The fourth-order valence-electron chi connectivity index (χ4n) is 3.10. The van der Waals surface area contributed by atoms with E-state index in [0.717, 1.165) is 0 Å². The Kier molecular flexibility index (Phi) is 4.04. The van der Waals surface area contributed by atoms with E-state index in [4.69, 9.17) is 0 Å². The standard InChI is InChI=1S/C17H22O4/c1-11(2)8-9-16(20)14-7-5-4-6-13(14)15(19)12(3)17(16,21)10-18/h4-7,10-12,20-21H,8-9H2,1-3H3/t12-,16+,17+/m0/s1. The molecule has 1 aromatic rings. The van der Waals surface area contributed by atoms with Crippen LogP contribution in [-0.4, -0.2) is 27.9 Å². The fourth-order valence-corrected chi connectivity index (χ4v) is 3.10. The second-order valence-corrected chi connectivity index (χ2v) is 6.37. The van der Waals surface area contributed by atoms with E-state index >= 15 is 0 Å². The number of hydrogen-bond donors (Lipinski definition) is 2. The summed E-state index contributed by atoms with van der Waals surface area (Å²) in [4.78, 5) is 23.9. The molecule has 0 saturated heterocycles. The van der Waals surface area contributed by atoms with Gasteiger partial charge in [-0.05, 0) is 24.3 Å². The molecule has 4 nitrogen and oxygen atoms in total. The Bertz CT molecular complexity index is 566. The van der Waals surface area contributed by atoms with Crippen molar-refractivity contribution in [2.24, 2.45) is 11.8 Å². The maximum absolute atomic E-state index is 12.4. The Balaban J connectivity index is 2.64. The Morgan fingerprint density at radius 3 is 2.48 bits per heavy atom. The molecular weight excluding hydrogens is 268 g/mol. The number of Topliss-reactive ketones (excluding diaryl/α,β-unsaturated/α-hetero) is 1. The highest BCUT2D eigenvalue weighted by Gasteiger charge is 2.60. The van der Waals surface area contributed by atoms with Gasteiger partial charge in [-0.25, -0.2) is 0 Å². The molecule has 2 N–H and O–H groups in total. The van der Waals surface area contributed by atoms with Crippen LogP contribution in [0.4, 0.5) is 0 Å². The lowest BCUT2D eigenvalue weighted by atomic mass is 9.61. The maximum atomic E-state index is 12.4. The molecule has 0 aromatic heterocycles. The summed E-state index contributed by atoms with van der Waals surface area (Å²) in [6, 6.07) is 6.68. The molecule has 0 heterocycles. The van der Waals surface area contributed by atoms with Gasteiger partial charge in [0.25, 0.3) is 0 Å². The normalized spacial score (nSPS) is 32.1. The van der Waals surface area contributed by atoms with Crippen molar-refractivity contribution in [2.75, 3.05) is 0 Å². The minimum atomic E-state index is -2.09. The molecular formula is C17H22O4. The third-order valence-corrected chi connectivity index (χ3v) is 4.62. The van der Waals surface area contributed by atoms with Crippen LogP contribution in [0, 0.1) is 11.8 Å². The minimum absolute atomic E-state index is 0.231. The van der Waals surface area contributed by atoms with Gasteiger partial charge in [0.15, 0.2) is 17.7 Å². The van der Waals surface area contributed by atoms with E-state index in [1.807, 2.05) is 13.8 Å². The molecule has 0 bridgehead atoms. The van der Waals surface area contributed by atoms with Crippen molar-refractivity contribution in [1.29, 1.82) is 0 Å². The number of fused-ring (bicyclic) bond motifs is 1. The van der Waals surface area contributed by atoms with Crippen molar-refractivity contribution in [3.8, 4) is 0 Å². The molecule has 0 radical (unpaired) electrons. The predicted molar refractivity (Wildman–Crippen MR) is 78.9 cm³/mol. The zero-order chi connectivity index (χ0) is 15.8. The molecule has 4 heteroatoms. The molecule has 1 aliphatic rings. The molecule has 21 heavy (non-hydrogen) atoms. The van der Waals surface area contributed by atoms with Crippen molar-refractivity contribution in [1.82, 2.24) is 0 Å². The molecule has 0 spiro atoms. The Hall–Kier alpha value is -1.52. The zero-order valence-corrected chi connectivity index (χ0v) is 12.7. The van der Waals surface area contributed by atoms with E-state index in [1.54, 1.807) is 24.3 Å². The molecule has 114 valence electrons. The van der Waals surface area contributed by atoms with Crippen LogP contribution in [0.2, 0.25) is 0 Å². The number of hydrogen-bond acceptors (Lipinski definition) is 4. The number of carbonyl (C=O) groups is 2. The van der Waals surface area contributed by atoms with Crippen LogP contribution in [0.1, 0.15) is 49.5 Å². The SMILES string of the molecule is CC(C)CC[C@@]1(O)c2ccccc2C(=O)[C@H](C)[C@]1(O)C=O. The van der Waals surface area contributed by atoms with Crippen molar-refractivity contribution in [3.63, 3.8) is 0 Å². The minimum Gasteiger partial charge on any atom is -0.382 e. The highest BCUT2D eigenvalue weighted by atomic mass is 16.4. The van der Waals surface area contributed by atoms with Gasteiger partial charge < -0.3 is 10.2 Å². The van der Waals surface area contributed by atoms with Crippen LogP contribution in [0.15, 0.2) is 24.3 Å². The molecule has 0 saturated carbocycles. The predicted octanol–water partition coefficient (Wildman–Crippen LogP) is 2.07. The van der Waals surface area contributed by atoms with Gasteiger partial charge in [-0.15, -0.1) is 0 Å². The van der Waals surface area contributed by atoms with Gasteiger partial charge in [0, 0.05) is 5.56 Å². The first kappa shape index (κ1) is 15.9. The van der Waals surface area contributed by atoms with Crippen molar-refractivity contribution < 1.29 is 19.8 Å². The Morgan fingerprint density at radius 2 is 1.90 bits per heavy atom. The monoisotopic (exact) mass is 290 g/mol. The third-order valence-electron chi connectivity index (χ3n) is 4.62. The summed E-state index contributed by atoms with van der Waals surface area (Å²) < 4.78 is 0. The van der Waals surface area contributed by atoms with E-state index in [9.17, 15) is 19.8 Å². The number of rotatable bonds is 4. The summed E-state index contributed by atoms with van der Waals surface area (Å²) in [5.41, 5.74) is -3.08. The van der Waals surface area contributed by atoms with Gasteiger partial charge in [0.1, 0.15) is 5.60 Å². The van der Waals surface area contributed by atoms with E-state index in [1.165, 1.54) is 6.92 Å². The Labute approximate surface area is 124 Å². The first-order valence-electron chi connectivity index (χ1n) is 7.32. The van der Waals surface area contributed by atoms with Gasteiger partial charge in [0.2, 0.25) is 0 Å². The number of benzene rings is 1. The average molecular weight is 290 g/mol. The van der Waals surface area contributed by atoms with Crippen LogP contribution in [-0.2, 0) is 10.4 Å². The van der Waals surface area contributed by atoms with Gasteiger partial charge >= 0.3 is 0 Å². The molecule has 0 unspecified atom stereocenters. The zero-order valence-electron chi connectivity index (χ0n) is 12.7. The highest BCUT2D eigenvalue weighted by molar-refractivity contribution is 6.04. The second kappa shape index (κ2) is 5.35. The first-order valence-corrected chi connectivity index (χ1v) is 7.32. The molecule has 2 rings (SSSR count). The number of carbonyl (C=O) groups excluding carboxylic acids is 2. The highest BCUT2D eigenvalue weighted by Crippen LogP contribution is 2.47. The summed E-state index contributed by atoms with van der Waals surface area (Å²) >= 11 is 0. The number of ketones is 1. The van der Waals surface area contributed by atoms with Crippen LogP contribution in [0.3, 0.4) is 0 Å². The van der Waals surface area contributed by atoms with Gasteiger partial charge in [0.05, 0.1) is 5.92 Å². The largest absolute Gasteiger partial charge is 0.382 e. The molecule has 3 atom stereocenters. The summed E-state index contributed by atoms with van der Waals surface area (Å²) in [7, 11) is 0. The van der Waals surface area contributed by atoms with E-state index in [2.05, 4.69) is 0 Å². The van der Waals surface area contributed by atoms with Crippen molar-refractivity contribution in [3.05, 3.63) is 35.4 Å². The lowest BCUT2D eigenvalue weighted by molar-refractivity contribution is -0.183. The van der Waals surface area contributed by atoms with Gasteiger partial charge in [-0.2, -0.15) is 0 Å². The topological polar surface area (TPSA) is 74.6 Å². The number of aliphatic hydroxyl groups is 2. The fraction of sp³-hybridized carbons (Fsp3) is 0.529. The quantitative estimate of drug-likeness (QED) is 0.833. The lowest BCUT2D eigenvalue weighted by Gasteiger charge is -2.47. The van der Waals surface area contributed by atoms with E-state index in [-0.39, 0.29) is 12.2 Å². The van der Waals surface area contributed by atoms with Crippen molar-refractivity contribution in [2.45, 2.75) is 44.8 Å². The van der Waals surface area contributed by atoms with Gasteiger partial charge in [-0.1, -0.05) is 45.0 Å². The van der Waals surface area contributed by atoms with E-state index in [0.29, 0.717) is 29.8 Å². The summed E-state index contributed by atoms with van der Waals surface area (Å²) in [6.07, 6.45) is 1.20. The summed E-state index contributed by atoms with van der Waals surface area (Å²) in [6.45, 7) is 5.51. The van der Waals surface area contributed by atoms with Crippen LogP contribution >= 0.6 is 0 Å². The Morgan fingerprint density at radius 1 is 1.29 bits per heavy atom. The molecule has 1 aromatic carbocycles.